The quantitative estimate of drug-likeness (QED) is 0.668. The van der Waals surface area contributed by atoms with Crippen LogP contribution < -0.4 is 0 Å². The van der Waals surface area contributed by atoms with E-state index in [9.17, 15) is 8.78 Å². The van der Waals surface area contributed by atoms with Crippen LogP contribution in [0.2, 0.25) is 0 Å². The fraction of sp³-hybridized carbons (Fsp3) is 0.333. The Bertz CT molecular complexity index is 367. The number of rotatable bonds is 1. The molecule has 13 heavy (non-hydrogen) atoms. The second kappa shape index (κ2) is 3.48. The van der Waals surface area contributed by atoms with Gasteiger partial charge in [0.25, 0.3) is 0 Å². The summed E-state index contributed by atoms with van der Waals surface area (Å²) in [4.78, 5) is 3.50. The molecular weight excluding hydrogens is 174 g/mol. The van der Waals surface area contributed by atoms with Gasteiger partial charge in [-0.2, -0.15) is 5.26 Å². The molecule has 0 amide bonds. The van der Waals surface area contributed by atoms with Crippen LogP contribution in [0.1, 0.15) is 31.0 Å². The van der Waals surface area contributed by atoms with E-state index in [1.54, 1.807) is 13.8 Å². The molecule has 0 bridgehead atoms. The number of pyridine rings is 1. The molecular formula is C9H8F2N2. The monoisotopic (exact) mass is 182 g/mol. The van der Waals surface area contributed by atoms with Crippen LogP contribution >= 0.6 is 0 Å². The predicted octanol–water partition coefficient (Wildman–Crippen LogP) is 2.35. The van der Waals surface area contributed by atoms with Crippen molar-refractivity contribution in [2.75, 3.05) is 0 Å². The molecule has 0 radical (unpaired) electrons. The van der Waals surface area contributed by atoms with E-state index in [0.717, 1.165) is 0 Å². The second-order valence-corrected chi connectivity index (χ2v) is 2.96. The zero-order valence-corrected chi connectivity index (χ0v) is 7.31. The van der Waals surface area contributed by atoms with Crippen LogP contribution in [-0.4, -0.2) is 4.98 Å². The van der Waals surface area contributed by atoms with Gasteiger partial charge in [-0.1, -0.05) is 13.8 Å². The van der Waals surface area contributed by atoms with E-state index in [2.05, 4.69) is 4.98 Å². The van der Waals surface area contributed by atoms with E-state index in [1.807, 2.05) is 0 Å². The molecule has 0 aliphatic carbocycles. The van der Waals surface area contributed by atoms with E-state index >= 15 is 0 Å². The third-order valence-electron chi connectivity index (χ3n) is 1.71. The van der Waals surface area contributed by atoms with Gasteiger partial charge in [-0.05, 0) is 5.92 Å². The summed E-state index contributed by atoms with van der Waals surface area (Å²) in [6.07, 6.45) is 1.20. The van der Waals surface area contributed by atoms with Gasteiger partial charge in [0.2, 0.25) is 0 Å². The van der Waals surface area contributed by atoms with Crippen molar-refractivity contribution in [2.45, 2.75) is 19.8 Å². The van der Waals surface area contributed by atoms with Crippen LogP contribution in [0.3, 0.4) is 0 Å². The van der Waals surface area contributed by atoms with Gasteiger partial charge in [0.05, 0.1) is 0 Å². The summed E-state index contributed by atoms with van der Waals surface area (Å²) in [5.41, 5.74) is -0.307. The SMILES string of the molecule is CC(C)c1cnc(C#N)c(F)c1F. The Morgan fingerprint density at radius 3 is 2.46 bits per heavy atom. The number of nitrogens with zero attached hydrogens (tertiary/aromatic N) is 2. The Morgan fingerprint density at radius 2 is 2.00 bits per heavy atom. The highest BCUT2D eigenvalue weighted by Crippen LogP contribution is 2.20. The summed E-state index contributed by atoms with van der Waals surface area (Å²) in [5, 5.41) is 8.35. The number of hydrogen-bond acceptors (Lipinski definition) is 2. The lowest BCUT2D eigenvalue weighted by Crippen LogP contribution is -2.01. The highest BCUT2D eigenvalue weighted by atomic mass is 19.2. The van der Waals surface area contributed by atoms with Crippen molar-refractivity contribution in [3.05, 3.63) is 29.1 Å². The topological polar surface area (TPSA) is 36.7 Å². The number of hydrogen-bond donors (Lipinski definition) is 0. The van der Waals surface area contributed by atoms with Gasteiger partial charge in [0.1, 0.15) is 6.07 Å². The van der Waals surface area contributed by atoms with Crippen molar-refractivity contribution < 1.29 is 8.78 Å². The summed E-state index contributed by atoms with van der Waals surface area (Å²) in [7, 11) is 0. The second-order valence-electron chi connectivity index (χ2n) is 2.96. The molecule has 0 N–H and O–H groups in total. The maximum atomic E-state index is 13.1. The number of nitriles is 1. The summed E-state index contributed by atoms with van der Waals surface area (Å²) in [5.74, 6) is -2.27. The average Bonchev–Trinajstić information content (AvgIpc) is 2.09. The molecule has 4 heteroatoms. The van der Waals surface area contributed by atoms with E-state index in [1.165, 1.54) is 12.3 Å². The maximum absolute atomic E-state index is 13.1. The van der Waals surface area contributed by atoms with Crippen molar-refractivity contribution in [3.8, 4) is 6.07 Å². The Labute approximate surface area is 74.8 Å². The van der Waals surface area contributed by atoms with Crippen LogP contribution in [0.15, 0.2) is 6.20 Å². The lowest BCUT2D eigenvalue weighted by Gasteiger charge is -2.06. The molecule has 0 atom stereocenters. The Morgan fingerprint density at radius 1 is 1.38 bits per heavy atom. The molecule has 1 rings (SSSR count). The largest absolute Gasteiger partial charge is 0.242 e. The van der Waals surface area contributed by atoms with Crippen molar-refractivity contribution in [3.63, 3.8) is 0 Å². The molecule has 0 spiro atoms. The molecule has 0 saturated heterocycles. The molecule has 0 aromatic carbocycles. The van der Waals surface area contributed by atoms with Crippen molar-refractivity contribution >= 4 is 0 Å². The smallest absolute Gasteiger partial charge is 0.195 e. The predicted molar refractivity (Wildman–Crippen MR) is 43.0 cm³/mol. The normalized spacial score (nSPS) is 10.2. The van der Waals surface area contributed by atoms with Gasteiger partial charge in [0.15, 0.2) is 17.3 Å². The minimum absolute atomic E-state index is 0.144. The fourth-order valence-electron chi connectivity index (χ4n) is 0.959. The summed E-state index contributed by atoms with van der Waals surface area (Å²) >= 11 is 0. The van der Waals surface area contributed by atoms with Crippen LogP contribution in [0.4, 0.5) is 8.78 Å². The van der Waals surface area contributed by atoms with Gasteiger partial charge >= 0.3 is 0 Å². The van der Waals surface area contributed by atoms with Crippen LogP contribution in [0.5, 0.6) is 0 Å². The van der Waals surface area contributed by atoms with Crippen molar-refractivity contribution in [2.24, 2.45) is 0 Å². The zero-order chi connectivity index (χ0) is 10.0. The van der Waals surface area contributed by atoms with Crippen LogP contribution in [0, 0.1) is 23.0 Å². The molecule has 1 aromatic rings. The molecule has 1 aromatic heterocycles. The van der Waals surface area contributed by atoms with Gasteiger partial charge in [-0.25, -0.2) is 13.8 Å². The van der Waals surface area contributed by atoms with E-state index in [0.29, 0.717) is 0 Å². The molecule has 1 heterocycles. The molecule has 0 aliphatic rings. The maximum Gasteiger partial charge on any atom is 0.195 e. The summed E-state index contributed by atoms with van der Waals surface area (Å²) in [6, 6.07) is 1.48. The van der Waals surface area contributed by atoms with E-state index < -0.39 is 17.3 Å². The number of halogens is 2. The standard InChI is InChI=1S/C9H8F2N2/c1-5(2)6-4-13-7(3-12)9(11)8(6)10/h4-5H,1-2H3. The highest BCUT2D eigenvalue weighted by molar-refractivity contribution is 5.28. The van der Waals surface area contributed by atoms with E-state index in [-0.39, 0.29) is 11.5 Å². The third-order valence-corrected chi connectivity index (χ3v) is 1.71. The molecule has 0 unspecified atom stereocenters. The first-order valence-electron chi connectivity index (χ1n) is 3.82. The average molecular weight is 182 g/mol. The Balaban J connectivity index is 3.33. The first-order valence-corrected chi connectivity index (χ1v) is 3.82. The van der Waals surface area contributed by atoms with Gasteiger partial charge in [-0.15, -0.1) is 0 Å². The Kier molecular flexibility index (Phi) is 2.57. The molecule has 0 saturated carbocycles. The van der Waals surface area contributed by atoms with Gasteiger partial charge in [0, 0.05) is 11.8 Å². The van der Waals surface area contributed by atoms with Gasteiger partial charge < -0.3 is 0 Å². The fourth-order valence-corrected chi connectivity index (χ4v) is 0.959. The minimum Gasteiger partial charge on any atom is -0.242 e. The molecule has 0 fully saturated rings. The lowest BCUT2D eigenvalue weighted by molar-refractivity contribution is 0.485. The molecule has 2 nitrogen and oxygen atoms in total. The summed E-state index contributed by atoms with van der Waals surface area (Å²) < 4.78 is 26.1. The van der Waals surface area contributed by atoms with Crippen LogP contribution in [0.25, 0.3) is 0 Å². The van der Waals surface area contributed by atoms with Crippen molar-refractivity contribution in [1.82, 2.24) is 4.98 Å². The summed E-state index contributed by atoms with van der Waals surface area (Å²) in [6.45, 7) is 3.46. The van der Waals surface area contributed by atoms with Crippen molar-refractivity contribution in [1.29, 1.82) is 5.26 Å². The molecule has 0 aliphatic heterocycles. The lowest BCUT2D eigenvalue weighted by atomic mass is 10.0. The number of aromatic nitrogens is 1. The van der Waals surface area contributed by atoms with Gasteiger partial charge in [-0.3, -0.25) is 0 Å². The molecule has 68 valence electrons. The van der Waals surface area contributed by atoms with Crippen LogP contribution in [-0.2, 0) is 0 Å². The minimum atomic E-state index is -1.16. The van der Waals surface area contributed by atoms with E-state index in [4.69, 9.17) is 5.26 Å². The zero-order valence-electron chi connectivity index (χ0n) is 7.31. The first kappa shape index (κ1) is 9.59. The Hall–Kier alpha value is -1.50. The highest BCUT2D eigenvalue weighted by Gasteiger charge is 2.16. The first-order chi connectivity index (χ1) is 6.07. The third kappa shape index (κ3) is 1.64.